The van der Waals surface area contributed by atoms with Gasteiger partial charge in [0, 0.05) is 24.9 Å². The van der Waals surface area contributed by atoms with Gasteiger partial charge in [-0.25, -0.2) is 9.37 Å². The Kier molecular flexibility index (Phi) is 5.21. The molecule has 1 aliphatic rings. The average Bonchev–Trinajstić information content (AvgIpc) is 3.12. The van der Waals surface area contributed by atoms with Crippen molar-refractivity contribution in [2.24, 2.45) is 5.92 Å². The third kappa shape index (κ3) is 4.03. The topological polar surface area (TPSA) is 33.2 Å². The van der Waals surface area contributed by atoms with Gasteiger partial charge in [0.2, 0.25) is 5.91 Å². The molecule has 27 heavy (non-hydrogen) atoms. The van der Waals surface area contributed by atoms with E-state index in [1.165, 1.54) is 21.8 Å². The summed E-state index contributed by atoms with van der Waals surface area (Å²) >= 11 is 1.77. The SMILES string of the molecule is CC(Cc1cccc(F)c1)C(=O)N1CCC(c2nc3ccccc3s2)CC1. The minimum atomic E-state index is -0.246. The number of hydrogen-bond donors (Lipinski definition) is 0. The molecule has 4 rings (SSSR count). The molecule has 1 fully saturated rings. The quantitative estimate of drug-likeness (QED) is 0.635. The van der Waals surface area contributed by atoms with Gasteiger partial charge >= 0.3 is 0 Å². The molecule has 0 saturated carbocycles. The summed E-state index contributed by atoms with van der Waals surface area (Å²) in [6.07, 6.45) is 2.49. The molecular formula is C22H23FN2OS. The number of piperidine rings is 1. The van der Waals surface area contributed by atoms with Gasteiger partial charge in [-0.2, -0.15) is 0 Å². The molecule has 140 valence electrons. The van der Waals surface area contributed by atoms with E-state index in [1.807, 2.05) is 30.0 Å². The van der Waals surface area contributed by atoms with Crippen molar-refractivity contribution in [3.05, 3.63) is 64.9 Å². The van der Waals surface area contributed by atoms with Gasteiger partial charge in [0.1, 0.15) is 5.82 Å². The van der Waals surface area contributed by atoms with Gasteiger partial charge in [-0.3, -0.25) is 4.79 Å². The number of para-hydroxylation sites is 1. The molecule has 1 unspecified atom stereocenters. The number of hydrogen-bond acceptors (Lipinski definition) is 3. The lowest BCUT2D eigenvalue weighted by atomic mass is 9.94. The highest BCUT2D eigenvalue weighted by molar-refractivity contribution is 7.18. The Morgan fingerprint density at radius 2 is 2.00 bits per heavy atom. The smallest absolute Gasteiger partial charge is 0.225 e. The Bertz CT molecular complexity index is 913. The summed E-state index contributed by atoms with van der Waals surface area (Å²) in [5, 5.41) is 1.19. The lowest BCUT2D eigenvalue weighted by Gasteiger charge is -2.33. The van der Waals surface area contributed by atoms with E-state index in [0.29, 0.717) is 12.3 Å². The number of benzene rings is 2. The fourth-order valence-corrected chi connectivity index (χ4v) is 4.96. The summed E-state index contributed by atoms with van der Waals surface area (Å²) < 4.78 is 14.6. The summed E-state index contributed by atoms with van der Waals surface area (Å²) in [6.45, 7) is 3.48. The number of nitrogens with zero attached hydrogens (tertiary/aromatic N) is 2. The fraction of sp³-hybridized carbons (Fsp3) is 0.364. The molecule has 1 atom stereocenters. The molecule has 3 nitrogen and oxygen atoms in total. The Balaban J connectivity index is 1.36. The van der Waals surface area contributed by atoms with Gasteiger partial charge in [-0.1, -0.05) is 31.2 Å². The van der Waals surface area contributed by atoms with E-state index in [9.17, 15) is 9.18 Å². The Morgan fingerprint density at radius 1 is 1.22 bits per heavy atom. The second kappa shape index (κ2) is 7.77. The predicted molar refractivity (Wildman–Crippen MR) is 107 cm³/mol. The van der Waals surface area contributed by atoms with Crippen molar-refractivity contribution in [1.29, 1.82) is 0 Å². The number of fused-ring (bicyclic) bond motifs is 1. The number of carbonyl (C=O) groups is 1. The molecule has 2 aromatic carbocycles. The van der Waals surface area contributed by atoms with Gasteiger partial charge < -0.3 is 4.90 Å². The second-order valence-electron chi connectivity index (χ2n) is 7.35. The van der Waals surface area contributed by atoms with E-state index >= 15 is 0 Å². The zero-order valence-corrected chi connectivity index (χ0v) is 16.2. The normalized spacial score (nSPS) is 16.6. The molecule has 0 radical (unpaired) electrons. The van der Waals surface area contributed by atoms with Crippen LogP contribution in [0.15, 0.2) is 48.5 Å². The van der Waals surface area contributed by atoms with E-state index in [2.05, 4.69) is 12.1 Å². The summed E-state index contributed by atoms with van der Waals surface area (Å²) in [5.41, 5.74) is 1.94. The van der Waals surface area contributed by atoms with Crippen molar-refractivity contribution >= 4 is 27.5 Å². The van der Waals surface area contributed by atoms with Crippen LogP contribution in [0, 0.1) is 11.7 Å². The van der Waals surface area contributed by atoms with Crippen LogP contribution in [0.25, 0.3) is 10.2 Å². The molecule has 1 aromatic heterocycles. The van der Waals surface area contributed by atoms with Crippen molar-refractivity contribution in [2.75, 3.05) is 13.1 Å². The molecule has 0 bridgehead atoms. The van der Waals surface area contributed by atoms with E-state index in [-0.39, 0.29) is 17.6 Å². The van der Waals surface area contributed by atoms with Gasteiger partial charge in [-0.05, 0) is 49.1 Å². The summed E-state index contributed by atoms with van der Waals surface area (Å²) in [6, 6.07) is 14.8. The first-order valence-corrected chi connectivity index (χ1v) is 10.3. The van der Waals surface area contributed by atoms with Crippen molar-refractivity contribution in [1.82, 2.24) is 9.88 Å². The first kappa shape index (κ1) is 18.1. The number of amides is 1. The minimum absolute atomic E-state index is 0.134. The highest BCUT2D eigenvalue weighted by Gasteiger charge is 2.28. The maximum Gasteiger partial charge on any atom is 0.225 e. The zero-order valence-electron chi connectivity index (χ0n) is 15.4. The van der Waals surface area contributed by atoms with E-state index < -0.39 is 0 Å². The van der Waals surface area contributed by atoms with Crippen LogP contribution in [0.4, 0.5) is 4.39 Å². The van der Waals surface area contributed by atoms with Crippen molar-refractivity contribution in [3.8, 4) is 0 Å². The van der Waals surface area contributed by atoms with Crippen LogP contribution in [0.5, 0.6) is 0 Å². The highest BCUT2D eigenvalue weighted by Crippen LogP contribution is 2.34. The van der Waals surface area contributed by atoms with Crippen molar-refractivity contribution < 1.29 is 9.18 Å². The van der Waals surface area contributed by atoms with Gasteiger partial charge in [0.25, 0.3) is 0 Å². The predicted octanol–water partition coefficient (Wildman–Crippen LogP) is 5.02. The van der Waals surface area contributed by atoms with Gasteiger partial charge in [-0.15, -0.1) is 11.3 Å². The van der Waals surface area contributed by atoms with Crippen LogP contribution in [0.2, 0.25) is 0 Å². The van der Waals surface area contributed by atoms with Crippen LogP contribution < -0.4 is 0 Å². The summed E-state index contributed by atoms with van der Waals surface area (Å²) in [5.74, 6) is 0.224. The molecule has 1 aliphatic heterocycles. The number of rotatable bonds is 4. The Hall–Kier alpha value is -2.27. The maximum absolute atomic E-state index is 13.4. The largest absolute Gasteiger partial charge is 0.342 e. The van der Waals surface area contributed by atoms with E-state index in [4.69, 9.17) is 4.98 Å². The standard InChI is InChI=1S/C22H23FN2OS/c1-15(13-16-5-4-6-18(23)14-16)22(26)25-11-9-17(10-12-25)21-24-19-7-2-3-8-20(19)27-21/h2-8,14-15,17H,9-13H2,1H3. The molecule has 2 heterocycles. The van der Waals surface area contributed by atoms with Crippen LogP contribution >= 0.6 is 11.3 Å². The molecular weight excluding hydrogens is 359 g/mol. The third-order valence-corrected chi connectivity index (χ3v) is 6.52. The Morgan fingerprint density at radius 3 is 2.74 bits per heavy atom. The van der Waals surface area contributed by atoms with Crippen LogP contribution in [-0.2, 0) is 11.2 Å². The van der Waals surface area contributed by atoms with E-state index in [0.717, 1.165) is 37.0 Å². The van der Waals surface area contributed by atoms with Gasteiger partial charge in [0.15, 0.2) is 0 Å². The molecule has 0 N–H and O–H groups in total. The van der Waals surface area contributed by atoms with Crippen LogP contribution in [0.1, 0.15) is 36.3 Å². The zero-order chi connectivity index (χ0) is 18.8. The van der Waals surface area contributed by atoms with E-state index in [1.54, 1.807) is 17.4 Å². The summed E-state index contributed by atoms with van der Waals surface area (Å²) in [7, 11) is 0. The highest BCUT2D eigenvalue weighted by atomic mass is 32.1. The first-order chi connectivity index (χ1) is 13.1. The van der Waals surface area contributed by atoms with Crippen molar-refractivity contribution in [2.45, 2.75) is 32.1 Å². The number of carbonyl (C=O) groups excluding carboxylic acids is 1. The van der Waals surface area contributed by atoms with Crippen molar-refractivity contribution in [3.63, 3.8) is 0 Å². The lowest BCUT2D eigenvalue weighted by molar-refractivity contribution is -0.136. The monoisotopic (exact) mass is 382 g/mol. The second-order valence-corrected chi connectivity index (χ2v) is 8.42. The molecule has 1 saturated heterocycles. The minimum Gasteiger partial charge on any atom is -0.342 e. The molecule has 5 heteroatoms. The first-order valence-electron chi connectivity index (χ1n) is 9.49. The molecule has 3 aromatic rings. The maximum atomic E-state index is 13.4. The Labute approximate surface area is 162 Å². The fourth-order valence-electron chi connectivity index (χ4n) is 3.83. The molecule has 0 aliphatic carbocycles. The number of aromatic nitrogens is 1. The molecule has 0 spiro atoms. The molecule has 1 amide bonds. The average molecular weight is 383 g/mol. The number of thiazole rings is 1. The number of likely N-dealkylation sites (tertiary alicyclic amines) is 1. The third-order valence-electron chi connectivity index (χ3n) is 5.32. The van der Waals surface area contributed by atoms with Crippen LogP contribution in [0.3, 0.4) is 0 Å². The summed E-state index contributed by atoms with van der Waals surface area (Å²) in [4.78, 5) is 19.5. The lowest BCUT2D eigenvalue weighted by Crippen LogP contribution is -2.41. The van der Waals surface area contributed by atoms with Crippen LogP contribution in [-0.4, -0.2) is 28.9 Å². The van der Waals surface area contributed by atoms with Gasteiger partial charge in [0.05, 0.1) is 15.2 Å². The number of halogens is 1.